The quantitative estimate of drug-likeness (QED) is 0.522. The number of carbonyl (C=O) groups excluding carboxylic acids is 2. The summed E-state index contributed by atoms with van der Waals surface area (Å²) < 4.78 is 0. The van der Waals surface area contributed by atoms with E-state index in [1.54, 1.807) is 12.2 Å². The number of rotatable bonds is 2. The van der Waals surface area contributed by atoms with Crippen LogP contribution < -0.4 is 0 Å². The predicted molar refractivity (Wildman–Crippen MR) is 65.8 cm³/mol. The maximum atomic E-state index is 11.7. The van der Waals surface area contributed by atoms with Crippen LogP contribution in [0.3, 0.4) is 0 Å². The second kappa shape index (κ2) is 4.63. The average Bonchev–Trinajstić information content (AvgIpc) is 2.35. The van der Waals surface area contributed by atoms with Crippen molar-refractivity contribution in [3.05, 3.63) is 23.3 Å². The molecule has 0 aromatic heterocycles. The highest BCUT2D eigenvalue weighted by atomic mass is 31.1. The minimum Gasteiger partial charge on any atom is -0.277 e. The molecular formula is C11H16NO2P. The first kappa shape index (κ1) is 12.0. The van der Waals surface area contributed by atoms with Gasteiger partial charge in [-0.2, -0.15) is 0 Å². The van der Waals surface area contributed by atoms with Gasteiger partial charge < -0.3 is 0 Å². The monoisotopic (exact) mass is 225 g/mol. The van der Waals surface area contributed by atoms with Crippen molar-refractivity contribution in [2.45, 2.75) is 6.92 Å². The maximum Gasteiger partial charge on any atom is 0.261 e. The van der Waals surface area contributed by atoms with Gasteiger partial charge in [0.2, 0.25) is 0 Å². The zero-order valence-corrected chi connectivity index (χ0v) is 10.5. The summed E-state index contributed by atoms with van der Waals surface area (Å²) in [5, 5.41) is 0. The Kier molecular flexibility index (Phi) is 3.70. The molecule has 0 saturated heterocycles. The van der Waals surface area contributed by atoms with Crippen LogP contribution in [-0.2, 0) is 9.59 Å². The standard InChI is InChI=1S/C11H16NO2P/c1-5-6-8-9(7-15(3)4)11(14)12(2)10(8)13/h5-7,15H,1-4H3/b6-5-. The summed E-state index contributed by atoms with van der Waals surface area (Å²) in [6.45, 7) is 6.01. The van der Waals surface area contributed by atoms with Crippen LogP contribution >= 0.6 is 7.55 Å². The number of carbonyl (C=O) groups is 2. The van der Waals surface area contributed by atoms with Crippen molar-refractivity contribution in [1.29, 1.82) is 0 Å². The first-order valence-electron chi connectivity index (χ1n) is 4.83. The molecule has 1 aliphatic heterocycles. The molecule has 0 radical (unpaired) electrons. The molecule has 2 amide bonds. The van der Waals surface area contributed by atoms with Crippen LogP contribution in [0.5, 0.6) is 0 Å². The van der Waals surface area contributed by atoms with Gasteiger partial charge in [0.05, 0.1) is 11.1 Å². The minimum absolute atomic E-state index is 0.181. The van der Waals surface area contributed by atoms with Crippen LogP contribution in [-0.4, -0.2) is 42.9 Å². The van der Waals surface area contributed by atoms with Gasteiger partial charge in [-0.15, -0.1) is 7.55 Å². The molecule has 4 heteroatoms. The zero-order chi connectivity index (χ0) is 11.6. The van der Waals surface area contributed by atoms with Crippen molar-refractivity contribution in [1.82, 2.24) is 4.90 Å². The average molecular weight is 225 g/mol. The third kappa shape index (κ3) is 2.29. The van der Waals surface area contributed by atoms with Gasteiger partial charge in [0.15, 0.2) is 0 Å². The molecule has 1 aliphatic rings. The second-order valence-electron chi connectivity index (χ2n) is 3.72. The molecule has 0 unspecified atom stereocenters. The third-order valence-corrected chi connectivity index (χ3v) is 2.99. The van der Waals surface area contributed by atoms with Gasteiger partial charge in [-0.05, 0) is 20.3 Å². The Labute approximate surface area is 90.8 Å². The lowest BCUT2D eigenvalue weighted by Gasteiger charge is -2.04. The van der Waals surface area contributed by atoms with E-state index in [4.69, 9.17) is 0 Å². The molecular weight excluding hydrogens is 209 g/mol. The number of nitrogens with zero attached hydrogens (tertiary/aromatic N) is 1. The molecule has 15 heavy (non-hydrogen) atoms. The Morgan fingerprint density at radius 2 is 1.67 bits per heavy atom. The Hall–Kier alpha value is -1.08. The van der Waals surface area contributed by atoms with Crippen LogP contribution in [0.25, 0.3) is 0 Å². The molecule has 0 aliphatic carbocycles. The smallest absolute Gasteiger partial charge is 0.261 e. The second-order valence-corrected chi connectivity index (χ2v) is 6.16. The zero-order valence-electron chi connectivity index (χ0n) is 9.50. The van der Waals surface area contributed by atoms with Gasteiger partial charge in [-0.3, -0.25) is 14.5 Å². The summed E-state index contributed by atoms with van der Waals surface area (Å²) >= 11 is 0. The number of hydrogen-bond donors (Lipinski definition) is 0. The molecule has 1 heterocycles. The van der Waals surface area contributed by atoms with Gasteiger partial charge in [0, 0.05) is 7.05 Å². The van der Waals surface area contributed by atoms with Crippen molar-refractivity contribution in [3.8, 4) is 0 Å². The molecule has 3 nitrogen and oxygen atoms in total. The number of hydrogen-bond acceptors (Lipinski definition) is 2. The van der Waals surface area contributed by atoms with Crippen molar-refractivity contribution in [3.63, 3.8) is 0 Å². The summed E-state index contributed by atoms with van der Waals surface area (Å²) in [7, 11) is 0.857. The van der Waals surface area contributed by atoms with Crippen LogP contribution in [0.1, 0.15) is 6.92 Å². The summed E-state index contributed by atoms with van der Waals surface area (Å²) in [5.41, 5.74) is 1.09. The molecule has 0 saturated carbocycles. The SMILES string of the molecule is C/C=C\C1=C(C=[PH](C)C)C(=O)N(C)C1=O. The fourth-order valence-corrected chi connectivity index (χ4v) is 2.30. The molecule has 0 atom stereocenters. The lowest BCUT2D eigenvalue weighted by Crippen LogP contribution is -2.26. The molecule has 0 N–H and O–H groups in total. The first-order chi connectivity index (χ1) is 6.99. The van der Waals surface area contributed by atoms with Crippen LogP contribution in [0, 0.1) is 0 Å². The van der Waals surface area contributed by atoms with Crippen LogP contribution in [0.4, 0.5) is 0 Å². The number of likely N-dealkylation sites (N-methyl/N-ethyl adjacent to an activating group) is 1. The number of allylic oxidation sites excluding steroid dienone is 1. The van der Waals surface area contributed by atoms with E-state index >= 15 is 0 Å². The summed E-state index contributed by atoms with van der Waals surface area (Å²) in [6.07, 6.45) is 3.49. The first-order valence-corrected chi connectivity index (χ1v) is 7.41. The van der Waals surface area contributed by atoms with E-state index in [9.17, 15) is 9.59 Å². The molecule has 1 rings (SSSR count). The van der Waals surface area contributed by atoms with E-state index in [-0.39, 0.29) is 11.8 Å². The Morgan fingerprint density at radius 1 is 1.13 bits per heavy atom. The molecule has 0 aromatic carbocycles. The topological polar surface area (TPSA) is 37.4 Å². The number of amides is 2. The van der Waals surface area contributed by atoms with E-state index in [0.29, 0.717) is 11.1 Å². The van der Waals surface area contributed by atoms with Gasteiger partial charge in [-0.25, -0.2) is 0 Å². The van der Waals surface area contributed by atoms with Gasteiger partial charge in [0.25, 0.3) is 11.8 Å². The van der Waals surface area contributed by atoms with Crippen molar-refractivity contribution >= 4 is 25.2 Å². The van der Waals surface area contributed by atoms with E-state index in [2.05, 4.69) is 13.3 Å². The summed E-state index contributed by atoms with van der Waals surface area (Å²) in [4.78, 5) is 24.6. The van der Waals surface area contributed by atoms with E-state index in [0.717, 1.165) is 0 Å². The molecule has 0 bridgehead atoms. The van der Waals surface area contributed by atoms with Crippen molar-refractivity contribution in [2.75, 3.05) is 20.4 Å². The third-order valence-electron chi connectivity index (χ3n) is 2.13. The van der Waals surface area contributed by atoms with E-state index < -0.39 is 7.55 Å². The van der Waals surface area contributed by atoms with Gasteiger partial charge in [0.1, 0.15) is 0 Å². The molecule has 0 fully saturated rings. The summed E-state index contributed by atoms with van der Waals surface area (Å²) in [5.74, 6) is 1.55. The highest BCUT2D eigenvalue weighted by Gasteiger charge is 2.32. The van der Waals surface area contributed by atoms with E-state index in [1.807, 2.05) is 12.7 Å². The van der Waals surface area contributed by atoms with Crippen LogP contribution in [0.15, 0.2) is 23.3 Å². The molecule has 82 valence electrons. The minimum atomic E-state index is -0.663. The molecule has 0 aromatic rings. The lowest BCUT2D eigenvalue weighted by molar-refractivity contribution is -0.135. The Morgan fingerprint density at radius 3 is 2.13 bits per heavy atom. The van der Waals surface area contributed by atoms with Crippen LogP contribution in [0.2, 0.25) is 0 Å². The maximum absolute atomic E-state index is 11.7. The highest BCUT2D eigenvalue weighted by molar-refractivity contribution is 7.56. The van der Waals surface area contributed by atoms with Gasteiger partial charge in [-0.1, -0.05) is 17.9 Å². The normalized spacial score (nSPS) is 17.5. The van der Waals surface area contributed by atoms with Gasteiger partial charge >= 0.3 is 0 Å². The predicted octanol–water partition coefficient (Wildman–Crippen LogP) is 1.13. The van der Waals surface area contributed by atoms with Crippen molar-refractivity contribution < 1.29 is 9.59 Å². The number of imide groups is 1. The Balaban J connectivity index is 3.30. The molecule has 0 spiro atoms. The largest absolute Gasteiger partial charge is 0.277 e. The van der Waals surface area contributed by atoms with E-state index in [1.165, 1.54) is 11.9 Å². The highest BCUT2D eigenvalue weighted by Crippen LogP contribution is 2.23. The lowest BCUT2D eigenvalue weighted by atomic mass is 10.1. The Bertz CT molecular complexity index is 401. The fraction of sp³-hybridized carbons (Fsp3) is 0.364. The fourth-order valence-electron chi connectivity index (χ4n) is 1.44. The van der Waals surface area contributed by atoms with Crippen molar-refractivity contribution in [2.24, 2.45) is 0 Å². The summed E-state index contributed by atoms with van der Waals surface area (Å²) in [6, 6.07) is 0.